The molecule has 0 saturated heterocycles. The lowest BCUT2D eigenvalue weighted by atomic mass is 10.0. The molecule has 1 aromatic rings. The molecular weight excluding hydrogens is 312 g/mol. The lowest BCUT2D eigenvalue weighted by Gasteiger charge is -2.00. The van der Waals surface area contributed by atoms with Crippen LogP contribution >= 0.6 is 0 Å². The molecule has 1 aromatic carbocycles. The molecule has 3 nitrogen and oxygen atoms in total. The third-order valence-corrected chi connectivity index (χ3v) is 4.19. The summed E-state index contributed by atoms with van der Waals surface area (Å²) in [5, 5.41) is 0. The van der Waals surface area contributed by atoms with Crippen LogP contribution in [0, 0.1) is 6.92 Å². The first-order valence-electron chi connectivity index (χ1n) is 8.00. The van der Waals surface area contributed by atoms with Crippen LogP contribution < -0.4 is 0 Å². The average molecular weight is 330 g/mol. The van der Waals surface area contributed by atoms with E-state index in [1.807, 2.05) is 60.7 Å². The molecule has 0 saturated carbocycles. The van der Waals surface area contributed by atoms with E-state index in [1.165, 1.54) is 7.11 Å². The van der Waals surface area contributed by atoms with Gasteiger partial charge >= 0.3 is 5.97 Å². The lowest BCUT2D eigenvalue weighted by Crippen LogP contribution is -2.03. The largest absolute Gasteiger partial charge is 0.465 e. The summed E-state index contributed by atoms with van der Waals surface area (Å²) in [6, 6.07) is 18.9. The number of methoxy groups -OCH3 is 1. The van der Waals surface area contributed by atoms with Crippen LogP contribution in [0.5, 0.6) is 0 Å². The van der Waals surface area contributed by atoms with Gasteiger partial charge < -0.3 is 4.74 Å². The van der Waals surface area contributed by atoms with Crippen LogP contribution in [0.1, 0.15) is 31.8 Å². The molecule has 0 unspecified atom stereocenters. The molecule has 0 N–H and O–H groups in total. The summed E-state index contributed by atoms with van der Waals surface area (Å²) in [5.41, 5.74) is 4.07. The second-order valence-electron chi connectivity index (χ2n) is 5.71. The van der Waals surface area contributed by atoms with Gasteiger partial charge in [0.2, 0.25) is 0 Å². The zero-order valence-electron chi connectivity index (χ0n) is 14.2. The quantitative estimate of drug-likeness (QED) is 0.393. The smallest absolute Gasteiger partial charge is 0.338 e. The maximum atomic E-state index is 12.8. The highest BCUT2D eigenvalue weighted by atomic mass is 16.5. The summed E-state index contributed by atoms with van der Waals surface area (Å²) in [5.74, 6) is -0.563. The highest BCUT2D eigenvalue weighted by Gasteiger charge is 2.27. The Labute approximate surface area is 146 Å². The average Bonchev–Trinajstić information content (AvgIpc) is 2.77. The maximum absolute atomic E-state index is 12.8. The number of esters is 1. The van der Waals surface area contributed by atoms with E-state index < -0.39 is 5.97 Å². The molecule has 0 aromatic heterocycles. The Morgan fingerprint density at radius 3 is 2.00 bits per heavy atom. The second kappa shape index (κ2) is 7.14. The number of carbonyl (C=O) groups excluding carboxylic acids is 2. The lowest BCUT2D eigenvalue weighted by molar-refractivity contribution is 0.0601. The van der Waals surface area contributed by atoms with Crippen LogP contribution in [0.3, 0.4) is 0 Å². The van der Waals surface area contributed by atoms with Gasteiger partial charge in [-0.05, 0) is 35.3 Å². The second-order valence-corrected chi connectivity index (χ2v) is 5.71. The Bertz CT molecular complexity index is 923. The number of allylic oxidation sites excluding steroid dienone is 1. The van der Waals surface area contributed by atoms with Gasteiger partial charge in [0.25, 0.3) is 0 Å². The molecule has 0 bridgehead atoms. The van der Waals surface area contributed by atoms with Gasteiger partial charge in [-0.2, -0.15) is 0 Å². The Kier molecular flexibility index (Phi) is 4.75. The topological polar surface area (TPSA) is 43.4 Å². The summed E-state index contributed by atoms with van der Waals surface area (Å²) >= 11 is 0. The van der Waals surface area contributed by atoms with Crippen LogP contribution in [0.2, 0.25) is 0 Å². The minimum absolute atomic E-state index is 0.132. The van der Waals surface area contributed by atoms with Gasteiger partial charge in [0.1, 0.15) is 0 Å². The van der Waals surface area contributed by atoms with Crippen molar-refractivity contribution in [1.29, 1.82) is 0 Å². The van der Waals surface area contributed by atoms with E-state index in [0.29, 0.717) is 16.7 Å². The first-order valence-corrected chi connectivity index (χ1v) is 8.00. The zero-order chi connectivity index (χ0) is 17.8. The van der Waals surface area contributed by atoms with E-state index in [-0.39, 0.29) is 5.78 Å². The SMILES string of the molecule is COC(=O)c1c2cccccc-2c(C(=O)/C=C/c2ccccc2)c1C. The number of benzene rings is 1. The number of carbonyl (C=O) groups is 2. The third kappa shape index (κ3) is 3.22. The van der Waals surface area contributed by atoms with E-state index in [1.54, 1.807) is 19.1 Å². The Morgan fingerprint density at radius 1 is 0.840 bits per heavy atom. The standard InChI is InChI=1S/C22H18O3/c1-15-20(19(23)14-13-16-9-5-3-6-10-16)17-11-7-4-8-12-18(17)21(15)22(24)25-2/h3-14H,1-2H3/b14-13+. The van der Waals surface area contributed by atoms with Crippen molar-refractivity contribution in [2.24, 2.45) is 0 Å². The Hall–Kier alpha value is -3.20. The summed E-state index contributed by atoms with van der Waals surface area (Å²) < 4.78 is 4.91. The number of hydrogen-bond acceptors (Lipinski definition) is 3. The van der Waals surface area contributed by atoms with E-state index in [4.69, 9.17) is 4.74 Å². The molecule has 0 atom stereocenters. The fourth-order valence-electron chi connectivity index (χ4n) is 3.01. The molecule has 2 aliphatic rings. The summed E-state index contributed by atoms with van der Waals surface area (Å²) in [6.07, 6.45) is 3.33. The fraction of sp³-hybridized carbons (Fsp3) is 0.0909. The van der Waals surface area contributed by atoms with Crippen LogP contribution in [0.25, 0.3) is 17.2 Å². The van der Waals surface area contributed by atoms with Gasteiger partial charge in [0, 0.05) is 5.56 Å². The molecule has 0 aliphatic heterocycles. The molecule has 0 fully saturated rings. The summed E-state index contributed by atoms with van der Waals surface area (Å²) in [6.45, 7) is 1.79. The minimum atomic E-state index is -0.431. The minimum Gasteiger partial charge on any atom is -0.465 e. The number of ether oxygens (including phenoxy) is 1. The highest BCUT2D eigenvalue weighted by molar-refractivity contribution is 6.17. The molecular formula is C22H18O3. The molecule has 0 spiro atoms. The van der Waals surface area contributed by atoms with E-state index >= 15 is 0 Å². The summed E-state index contributed by atoms with van der Waals surface area (Å²) in [4.78, 5) is 25.1. The van der Waals surface area contributed by atoms with Crippen molar-refractivity contribution in [2.75, 3.05) is 7.11 Å². The van der Waals surface area contributed by atoms with Crippen LogP contribution in [-0.2, 0) is 4.74 Å². The summed E-state index contributed by atoms with van der Waals surface area (Å²) in [7, 11) is 1.35. The van der Waals surface area contributed by atoms with E-state index in [0.717, 1.165) is 16.7 Å². The van der Waals surface area contributed by atoms with Gasteiger partial charge in [-0.3, -0.25) is 4.79 Å². The van der Waals surface area contributed by atoms with E-state index in [9.17, 15) is 9.59 Å². The third-order valence-electron chi connectivity index (χ3n) is 4.19. The van der Waals surface area contributed by atoms with Crippen molar-refractivity contribution in [2.45, 2.75) is 6.92 Å². The zero-order valence-corrected chi connectivity index (χ0v) is 14.2. The molecule has 0 radical (unpaired) electrons. The number of hydrogen-bond donors (Lipinski definition) is 0. The van der Waals surface area contributed by atoms with Crippen molar-refractivity contribution in [1.82, 2.24) is 0 Å². The molecule has 3 heteroatoms. The molecule has 3 rings (SSSR count). The van der Waals surface area contributed by atoms with E-state index in [2.05, 4.69) is 0 Å². The van der Waals surface area contributed by atoms with Crippen molar-refractivity contribution in [3.05, 3.63) is 89.0 Å². The Balaban J connectivity index is 2.10. The molecule has 2 aliphatic carbocycles. The highest BCUT2D eigenvalue weighted by Crippen LogP contribution is 2.37. The van der Waals surface area contributed by atoms with Crippen LogP contribution in [0.15, 0.2) is 66.7 Å². The first kappa shape index (κ1) is 16.7. The molecule has 124 valence electrons. The Morgan fingerprint density at radius 2 is 1.40 bits per heavy atom. The number of fused-ring (bicyclic) bond motifs is 1. The normalized spacial score (nSPS) is 11.0. The number of ketones is 1. The molecule has 0 amide bonds. The van der Waals surface area contributed by atoms with Crippen molar-refractivity contribution in [3.8, 4) is 11.1 Å². The predicted octanol–water partition coefficient (Wildman–Crippen LogP) is 4.78. The van der Waals surface area contributed by atoms with Crippen molar-refractivity contribution < 1.29 is 14.3 Å². The van der Waals surface area contributed by atoms with Crippen LogP contribution in [-0.4, -0.2) is 18.9 Å². The molecule has 0 heterocycles. The van der Waals surface area contributed by atoms with Gasteiger partial charge in [0.05, 0.1) is 12.7 Å². The van der Waals surface area contributed by atoms with Crippen molar-refractivity contribution in [3.63, 3.8) is 0 Å². The van der Waals surface area contributed by atoms with Gasteiger partial charge in [-0.15, -0.1) is 0 Å². The first-order chi connectivity index (χ1) is 12.1. The van der Waals surface area contributed by atoms with Gasteiger partial charge in [-0.25, -0.2) is 4.79 Å². The monoisotopic (exact) mass is 330 g/mol. The van der Waals surface area contributed by atoms with Gasteiger partial charge in [-0.1, -0.05) is 66.7 Å². The van der Waals surface area contributed by atoms with Gasteiger partial charge in [0.15, 0.2) is 5.78 Å². The van der Waals surface area contributed by atoms with Crippen LogP contribution in [0.4, 0.5) is 0 Å². The number of rotatable bonds is 4. The maximum Gasteiger partial charge on any atom is 0.338 e. The van der Waals surface area contributed by atoms with Crippen molar-refractivity contribution >= 4 is 17.8 Å². The predicted molar refractivity (Wildman–Crippen MR) is 98.9 cm³/mol. The fourth-order valence-corrected chi connectivity index (χ4v) is 3.01. The molecule has 25 heavy (non-hydrogen) atoms.